The molecule has 158 valence electrons. The molecule has 1 unspecified atom stereocenters. The van der Waals surface area contributed by atoms with Crippen molar-refractivity contribution in [3.05, 3.63) is 24.3 Å². The smallest absolute Gasteiger partial charge is 0.406 e. The molecule has 1 aliphatic carbocycles. The monoisotopic (exact) mass is 412 g/mol. The highest BCUT2D eigenvalue weighted by atomic mass is 19.4. The van der Waals surface area contributed by atoms with E-state index in [1.54, 1.807) is 11.0 Å². The second-order valence-corrected chi connectivity index (χ2v) is 7.83. The minimum Gasteiger partial charge on any atom is -0.406 e. The van der Waals surface area contributed by atoms with Crippen molar-refractivity contribution in [2.45, 2.75) is 31.7 Å². The molecule has 0 bridgehead atoms. The number of hydrogen-bond donors (Lipinski definition) is 1. The van der Waals surface area contributed by atoms with Crippen LogP contribution in [0.25, 0.3) is 0 Å². The summed E-state index contributed by atoms with van der Waals surface area (Å²) in [6, 6.07) is 5.39. The highest BCUT2D eigenvalue weighted by Gasteiger charge is 2.36. The van der Waals surface area contributed by atoms with E-state index in [4.69, 9.17) is 0 Å². The van der Waals surface area contributed by atoms with Crippen LogP contribution in [0.2, 0.25) is 0 Å². The van der Waals surface area contributed by atoms with Crippen LogP contribution < -0.4 is 15.0 Å². The molecule has 3 aliphatic rings. The lowest BCUT2D eigenvalue weighted by atomic mass is 10.2. The van der Waals surface area contributed by atoms with Crippen LogP contribution in [-0.2, 0) is 4.79 Å². The van der Waals surface area contributed by atoms with Crippen LogP contribution >= 0.6 is 0 Å². The summed E-state index contributed by atoms with van der Waals surface area (Å²) in [6.45, 7) is 2.21. The van der Waals surface area contributed by atoms with Crippen LogP contribution in [0.3, 0.4) is 0 Å². The zero-order valence-electron chi connectivity index (χ0n) is 15.8. The Balaban J connectivity index is 1.29. The molecule has 1 N–H and O–H groups in total. The number of nitrogens with one attached hydrogen (secondary N) is 1. The molecular formula is C19H23F3N4O3. The SMILES string of the molecule is O=C1CN(C(=O)NC2CCN(c3cccc(OC(F)(F)F)c3)C2)CN1CC1CC1. The Hall–Kier alpha value is -2.65. The van der Waals surface area contributed by atoms with E-state index in [0.717, 1.165) is 19.4 Å². The van der Waals surface area contributed by atoms with Crippen LogP contribution in [0.5, 0.6) is 5.75 Å². The number of benzene rings is 1. The Kier molecular flexibility index (Phi) is 5.18. The summed E-state index contributed by atoms with van der Waals surface area (Å²) in [5.41, 5.74) is 0.607. The lowest BCUT2D eigenvalue weighted by molar-refractivity contribution is -0.274. The summed E-state index contributed by atoms with van der Waals surface area (Å²) >= 11 is 0. The number of alkyl halides is 3. The van der Waals surface area contributed by atoms with Gasteiger partial charge in [0.1, 0.15) is 12.3 Å². The normalized spacial score (nSPS) is 22.4. The molecule has 0 radical (unpaired) electrons. The Labute approximate surface area is 166 Å². The van der Waals surface area contributed by atoms with Gasteiger partial charge in [0.25, 0.3) is 0 Å². The highest BCUT2D eigenvalue weighted by molar-refractivity contribution is 5.87. The average molecular weight is 412 g/mol. The predicted octanol–water partition coefficient (Wildman–Crippen LogP) is 2.39. The molecule has 1 atom stereocenters. The van der Waals surface area contributed by atoms with Crippen LogP contribution in [0.1, 0.15) is 19.3 Å². The molecule has 1 saturated carbocycles. The van der Waals surface area contributed by atoms with E-state index in [0.29, 0.717) is 37.8 Å². The summed E-state index contributed by atoms with van der Waals surface area (Å²) in [5.74, 6) is 0.276. The van der Waals surface area contributed by atoms with Gasteiger partial charge in [-0.05, 0) is 37.3 Å². The molecule has 2 saturated heterocycles. The van der Waals surface area contributed by atoms with Gasteiger partial charge in [-0.25, -0.2) is 4.79 Å². The Morgan fingerprint density at radius 2 is 2.03 bits per heavy atom. The van der Waals surface area contributed by atoms with E-state index >= 15 is 0 Å². The first-order valence-electron chi connectivity index (χ1n) is 9.71. The minimum atomic E-state index is -4.74. The number of ether oxygens (including phenoxy) is 1. The fraction of sp³-hybridized carbons (Fsp3) is 0.579. The average Bonchev–Trinajstić information content (AvgIpc) is 3.20. The lowest BCUT2D eigenvalue weighted by Gasteiger charge is -2.22. The molecule has 7 nitrogen and oxygen atoms in total. The summed E-state index contributed by atoms with van der Waals surface area (Å²) in [5, 5.41) is 2.94. The van der Waals surface area contributed by atoms with Crippen molar-refractivity contribution in [2.75, 3.05) is 37.7 Å². The summed E-state index contributed by atoms with van der Waals surface area (Å²) < 4.78 is 41.2. The van der Waals surface area contributed by atoms with Crippen molar-refractivity contribution in [1.82, 2.24) is 15.1 Å². The molecular weight excluding hydrogens is 389 g/mol. The van der Waals surface area contributed by atoms with E-state index in [1.807, 2.05) is 4.90 Å². The van der Waals surface area contributed by atoms with Gasteiger partial charge in [0.05, 0.1) is 6.67 Å². The van der Waals surface area contributed by atoms with Crippen molar-refractivity contribution in [3.8, 4) is 5.75 Å². The summed E-state index contributed by atoms with van der Waals surface area (Å²) in [4.78, 5) is 29.7. The van der Waals surface area contributed by atoms with Gasteiger partial charge in [0.15, 0.2) is 0 Å². The molecule has 2 heterocycles. The van der Waals surface area contributed by atoms with Gasteiger partial charge in [0, 0.05) is 37.4 Å². The zero-order chi connectivity index (χ0) is 20.6. The molecule has 1 aromatic carbocycles. The van der Waals surface area contributed by atoms with E-state index in [-0.39, 0.29) is 30.3 Å². The van der Waals surface area contributed by atoms with E-state index in [9.17, 15) is 22.8 Å². The second-order valence-electron chi connectivity index (χ2n) is 7.83. The van der Waals surface area contributed by atoms with E-state index in [1.165, 1.54) is 23.1 Å². The number of nitrogens with zero attached hydrogens (tertiary/aromatic N) is 3. The van der Waals surface area contributed by atoms with Crippen molar-refractivity contribution in [3.63, 3.8) is 0 Å². The van der Waals surface area contributed by atoms with Crippen LogP contribution in [0, 0.1) is 5.92 Å². The number of carbonyl (C=O) groups excluding carboxylic acids is 2. The zero-order valence-corrected chi connectivity index (χ0v) is 15.8. The van der Waals surface area contributed by atoms with Crippen LogP contribution in [0.15, 0.2) is 24.3 Å². The van der Waals surface area contributed by atoms with Crippen LogP contribution in [0.4, 0.5) is 23.7 Å². The number of amides is 3. The third-order valence-corrected chi connectivity index (χ3v) is 5.42. The highest BCUT2D eigenvalue weighted by Crippen LogP contribution is 2.31. The van der Waals surface area contributed by atoms with Gasteiger partial charge in [-0.1, -0.05) is 6.07 Å². The molecule has 3 fully saturated rings. The maximum atomic E-state index is 12.5. The second kappa shape index (κ2) is 7.64. The topological polar surface area (TPSA) is 65.1 Å². The first-order valence-corrected chi connectivity index (χ1v) is 9.71. The third-order valence-electron chi connectivity index (χ3n) is 5.42. The number of rotatable bonds is 5. The lowest BCUT2D eigenvalue weighted by Crippen LogP contribution is -2.45. The standard InChI is InChI=1S/C19H23F3N4O3/c20-19(21,22)29-16-3-1-2-15(8-16)24-7-6-14(10-24)23-18(28)26-11-17(27)25(12-26)9-13-4-5-13/h1-3,8,13-14H,4-7,9-12H2,(H,23,28). The van der Waals surface area contributed by atoms with Gasteiger partial charge in [-0.2, -0.15) is 0 Å². The molecule has 0 spiro atoms. The van der Waals surface area contributed by atoms with E-state index in [2.05, 4.69) is 10.1 Å². The molecule has 0 aromatic heterocycles. The molecule has 3 amide bonds. The maximum absolute atomic E-state index is 12.5. The quantitative estimate of drug-likeness (QED) is 0.807. The van der Waals surface area contributed by atoms with Gasteiger partial charge in [-0.15, -0.1) is 13.2 Å². The minimum absolute atomic E-state index is 0.0263. The predicted molar refractivity (Wildman–Crippen MR) is 98.3 cm³/mol. The molecule has 10 heteroatoms. The largest absolute Gasteiger partial charge is 0.573 e. The molecule has 1 aromatic rings. The number of carbonyl (C=O) groups is 2. The van der Waals surface area contributed by atoms with Crippen molar-refractivity contribution in [1.29, 1.82) is 0 Å². The van der Waals surface area contributed by atoms with Gasteiger partial charge < -0.3 is 19.9 Å². The first kappa shape index (κ1) is 19.7. The third kappa shape index (κ3) is 5.04. The number of urea groups is 1. The van der Waals surface area contributed by atoms with Crippen molar-refractivity contribution >= 4 is 17.6 Å². The number of anilines is 1. The van der Waals surface area contributed by atoms with Crippen molar-refractivity contribution < 1.29 is 27.5 Å². The Morgan fingerprint density at radius 1 is 1.24 bits per heavy atom. The van der Waals surface area contributed by atoms with Gasteiger partial charge in [-0.3, -0.25) is 9.69 Å². The van der Waals surface area contributed by atoms with Gasteiger partial charge in [0.2, 0.25) is 5.91 Å². The fourth-order valence-corrected chi connectivity index (χ4v) is 3.76. The molecule has 4 rings (SSSR count). The Bertz CT molecular complexity index is 784. The fourth-order valence-electron chi connectivity index (χ4n) is 3.76. The summed E-state index contributed by atoms with van der Waals surface area (Å²) in [6.07, 6.45) is -1.78. The number of hydrogen-bond acceptors (Lipinski definition) is 4. The van der Waals surface area contributed by atoms with Crippen LogP contribution in [-0.4, -0.2) is 67.0 Å². The maximum Gasteiger partial charge on any atom is 0.573 e. The van der Waals surface area contributed by atoms with E-state index < -0.39 is 6.36 Å². The molecule has 2 aliphatic heterocycles. The number of halogens is 3. The first-order chi connectivity index (χ1) is 13.8. The van der Waals surface area contributed by atoms with Crippen molar-refractivity contribution in [2.24, 2.45) is 5.92 Å². The van der Waals surface area contributed by atoms with Gasteiger partial charge >= 0.3 is 12.4 Å². The Morgan fingerprint density at radius 3 is 2.76 bits per heavy atom. The summed E-state index contributed by atoms with van der Waals surface area (Å²) in [7, 11) is 0. The molecule has 29 heavy (non-hydrogen) atoms.